The molecule has 0 saturated heterocycles. The van der Waals surface area contributed by atoms with Crippen LogP contribution in [0.15, 0.2) is 34.9 Å². The van der Waals surface area contributed by atoms with E-state index in [4.69, 9.17) is 19.6 Å². The van der Waals surface area contributed by atoms with E-state index in [9.17, 15) is 0 Å². The first-order chi connectivity index (χ1) is 8.74. The van der Waals surface area contributed by atoms with E-state index in [1.807, 2.05) is 31.2 Å². The quantitative estimate of drug-likeness (QED) is 0.882. The highest BCUT2D eigenvalue weighted by Gasteiger charge is 2.16. The summed E-state index contributed by atoms with van der Waals surface area (Å²) in [5.74, 6) is 2.40. The fourth-order valence-electron chi connectivity index (χ4n) is 2.07. The van der Waals surface area contributed by atoms with Crippen molar-refractivity contribution in [1.29, 1.82) is 0 Å². The van der Waals surface area contributed by atoms with E-state index in [1.54, 1.807) is 6.26 Å². The predicted molar refractivity (Wildman–Crippen MR) is 66.9 cm³/mol. The van der Waals surface area contributed by atoms with Gasteiger partial charge in [0.1, 0.15) is 19.0 Å². The zero-order valence-electron chi connectivity index (χ0n) is 10.2. The Hall–Kier alpha value is -1.94. The van der Waals surface area contributed by atoms with Crippen molar-refractivity contribution in [2.24, 2.45) is 5.73 Å². The molecule has 4 heteroatoms. The second kappa shape index (κ2) is 4.38. The number of benzene rings is 1. The normalized spacial score (nSPS) is 15.4. The van der Waals surface area contributed by atoms with Gasteiger partial charge in [0.15, 0.2) is 11.5 Å². The van der Waals surface area contributed by atoms with Crippen LogP contribution >= 0.6 is 0 Å². The van der Waals surface area contributed by atoms with Crippen LogP contribution in [0.2, 0.25) is 0 Å². The summed E-state index contributed by atoms with van der Waals surface area (Å²) in [6.07, 6.45) is 1.69. The highest BCUT2D eigenvalue weighted by molar-refractivity contribution is 5.46. The molecule has 1 aromatic carbocycles. The first-order valence-corrected chi connectivity index (χ1v) is 5.94. The molecule has 0 bridgehead atoms. The molecule has 0 fully saturated rings. The van der Waals surface area contributed by atoms with Crippen molar-refractivity contribution in [3.63, 3.8) is 0 Å². The van der Waals surface area contributed by atoms with Gasteiger partial charge in [0.2, 0.25) is 0 Å². The number of aryl methyl sites for hydroxylation is 1. The van der Waals surface area contributed by atoms with E-state index in [1.165, 1.54) is 0 Å². The fourth-order valence-corrected chi connectivity index (χ4v) is 2.07. The zero-order valence-corrected chi connectivity index (χ0v) is 10.2. The molecule has 1 aliphatic rings. The van der Waals surface area contributed by atoms with Crippen molar-refractivity contribution < 1.29 is 13.9 Å². The molecule has 1 atom stereocenters. The molecule has 18 heavy (non-hydrogen) atoms. The summed E-state index contributed by atoms with van der Waals surface area (Å²) in [4.78, 5) is 0. The van der Waals surface area contributed by atoms with Gasteiger partial charge in [-0.2, -0.15) is 0 Å². The lowest BCUT2D eigenvalue weighted by Gasteiger charge is -2.20. The average molecular weight is 245 g/mol. The Kier molecular flexibility index (Phi) is 2.72. The molecule has 0 radical (unpaired) electrons. The van der Waals surface area contributed by atoms with E-state index in [0.717, 1.165) is 28.4 Å². The number of hydrogen-bond donors (Lipinski definition) is 1. The smallest absolute Gasteiger partial charge is 0.161 e. The maximum Gasteiger partial charge on any atom is 0.161 e. The molecule has 94 valence electrons. The highest BCUT2D eigenvalue weighted by Crippen LogP contribution is 2.33. The van der Waals surface area contributed by atoms with Gasteiger partial charge in [-0.25, -0.2) is 0 Å². The largest absolute Gasteiger partial charge is 0.486 e. The van der Waals surface area contributed by atoms with Gasteiger partial charge in [0, 0.05) is 5.56 Å². The van der Waals surface area contributed by atoms with Crippen molar-refractivity contribution in [2.45, 2.75) is 13.0 Å². The SMILES string of the molecule is Cc1cc(C(N)c2ccc3c(c2)OCCO3)co1. The molecular weight excluding hydrogens is 230 g/mol. The van der Waals surface area contributed by atoms with Crippen molar-refractivity contribution in [1.82, 2.24) is 0 Å². The Bertz CT molecular complexity index is 562. The lowest BCUT2D eigenvalue weighted by atomic mass is 10.0. The first-order valence-electron chi connectivity index (χ1n) is 5.94. The van der Waals surface area contributed by atoms with Gasteiger partial charge >= 0.3 is 0 Å². The lowest BCUT2D eigenvalue weighted by Crippen LogP contribution is -2.17. The van der Waals surface area contributed by atoms with Crippen molar-refractivity contribution in [2.75, 3.05) is 13.2 Å². The molecule has 3 rings (SSSR count). The first kappa shape index (κ1) is 11.2. The number of ether oxygens (including phenoxy) is 2. The molecule has 0 amide bonds. The van der Waals surface area contributed by atoms with Crippen molar-refractivity contribution in [3.8, 4) is 11.5 Å². The number of hydrogen-bond acceptors (Lipinski definition) is 4. The van der Waals surface area contributed by atoms with E-state index in [-0.39, 0.29) is 6.04 Å². The van der Waals surface area contributed by atoms with Crippen LogP contribution < -0.4 is 15.2 Å². The monoisotopic (exact) mass is 245 g/mol. The Balaban J connectivity index is 1.92. The maximum absolute atomic E-state index is 6.21. The molecule has 4 nitrogen and oxygen atoms in total. The molecular formula is C14H15NO3. The van der Waals surface area contributed by atoms with Crippen LogP contribution in [-0.4, -0.2) is 13.2 Å². The number of furan rings is 1. The Morgan fingerprint density at radius 1 is 1.06 bits per heavy atom. The minimum atomic E-state index is -0.210. The Morgan fingerprint density at radius 3 is 2.56 bits per heavy atom. The summed E-state index contributed by atoms with van der Waals surface area (Å²) >= 11 is 0. The van der Waals surface area contributed by atoms with Gasteiger partial charge in [-0.1, -0.05) is 6.07 Å². The second-order valence-electron chi connectivity index (χ2n) is 4.37. The van der Waals surface area contributed by atoms with Crippen LogP contribution in [0.5, 0.6) is 11.5 Å². The predicted octanol–water partition coefficient (Wildman–Crippen LogP) is 2.41. The Morgan fingerprint density at radius 2 is 1.83 bits per heavy atom. The zero-order chi connectivity index (χ0) is 12.5. The summed E-state index contributed by atoms with van der Waals surface area (Å²) in [5, 5.41) is 0. The molecule has 0 spiro atoms. The minimum absolute atomic E-state index is 0.210. The standard InChI is InChI=1S/C14H15NO3/c1-9-6-11(8-18-9)14(15)10-2-3-12-13(7-10)17-5-4-16-12/h2-3,6-8,14H,4-5,15H2,1H3. The van der Waals surface area contributed by atoms with Crippen LogP contribution in [-0.2, 0) is 0 Å². The van der Waals surface area contributed by atoms with Crippen molar-refractivity contribution in [3.05, 3.63) is 47.4 Å². The molecule has 2 aromatic rings. The maximum atomic E-state index is 6.21. The minimum Gasteiger partial charge on any atom is -0.486 e. The molecule has 0 aliphatic carbocycles. The van der Waals surface area contributed by atoms with Crippen LogP contribution in [0.4, 0.5) is 0 Å². The van der Waals surface area contributed by atoms with Gasteiger partial charge < -0.3 is 19.6 Å². The summed E-state index contributed by atoms with van der Waals surface area (Å²) in [6.45, 7) is 3.08. The van der Waals surface area contributed by atoms with Crippen LogP contribution in [0.1, 0.15) is 22.9 Å². The lowest BCUT2D eigenvalue weighted by molar-refractivity contribution is 0.171. The van der Waals surface area contributed by atoms with Crippen LogP contribution in [0.25, 0.3) is 0 Å². The van der Waals surface area contributed by atoms with Gasteiger partial charge in [-0.15, -0.1) is 0 Å². The summed E-state index contributed by atoms with van der Waals surface area (Å²) in [7, 11) is 0. The van der Waals surface area contributed by atoms with E-state index in [2.05, 4.69) is 0 Å². The van der Waals surface area contributed by atoms with E-state index < -0.39 is 0 Å². The van der Waals surface area contributed by atoms with Gasteiger partial charge in [-0.3, -0.25) is 0 Å². The molecule has 2 heterocycles. The number of nitrogens with two attached hydrogens (primary N) is 1. The molecule has 1 aromatic heterocycles. The summed E-state index contributed by atoms with van der Waals surface area (Å²) in [5.41, 5.74) is 8.15. The third-order valence-corrected chi connectivity index (χ3v) is 3.04. The van der Waals surface area contributed by atoms with Gasteiger partial charge in [0.25, 0.3) is 0 Å². The molecule has 0 saturated carbocycles. The second-order valence-corrected chi connectivity index (χ2v) is 4.37. The topological polar surface area (TPSA) is 57.6 Å². The third-order valence-electron chi connectivity index (χ3n) is 3.04. The van der Waals surface area contributed by atoms with Gasteiger partial charge in [0.05, 0.1) is 12.3 Å². The van der Waals surface area contributed by atoms with Crippen LogP contribution in [0.3, 0.4) is 0 Å². The van der Waals surface area contributed by atoms with Crippen molar-refractivity contribution >= 4 is 0 Å². The number of rotatable bonds is 2. The van der Waals surface area contributed by atoms with E-state index >= 15 is 0 Å². The summed E-state index contributed by atoms with van der Waals surface area (Å²) < 4.78 is 16.3. The molecule has 2 N–H and O–H groups in total. The Labute approximate surface area is 105 Å². The third kappa shape index (κ3) is 1.95. The highest BCUT2D eigenvalue weighted by atomic mass is 16.6. The fraction of sp³-hybridized carbons (Fsp3) is 0.286. The number of fused-ring (bicyclic) bond motifs is 1. The summed E-state index contributed by atoms with van der Waals surface area (Å²) in [6, 6.07) is 7.53. The van der Waals surface area contributed by atoms with Crippen LogP contribution in [0, 0.1) is 6.92 Å². The molecule has 1 unspecified atom stereocenters. The molecule has 1 aliphatic heterocycles. The van der Waals surface area contributed by atoms with E-state index in [0.29, 0.717) is 13.2 Å². The average Bonchev–Trinajstić information content (AvgIpc) is 2.84. The van der Waals surface area contributed by atoms with Gasteiger partial charge in [-0.05, 0) is 30.7 Å².